The van der Waals surface area contributed by atoms with E-state index < -0.39 is 21.7 Å². The molecule has 0 aliphatic rings. The predicted octanol–water partition coefficient (Wildman–Crippen LogP) is 0.641. The number of nitrogens with two attached hydrogens (primary N) is 2. The zero-order valence-corrected chi connectivity index (χ0v) is 11.9. The summed E-state index contributed by atoms with van der Waals surface area (Å²) >= 11 is 1.11. The van der Waals surface area contributed by atoms with E-state index in [0.717, 1.165) is 11.3 Å². The summed E-state index contributed by atoms with van der Waals surface area (Å²) in [6.45, 7) is -0.111. The van der Waals surface area contributed by atoms with Gasteiger partial charge in [0.1, 0.15) is 10.7 Å². The second-order valence-electron chi connectivity index (χ2n) is 4.11. The molecule has 9 heteroatoms. The zero-order valence-electron chi connectivity index (χ0n) is 10.2. The van der Waals surface area contributed by atoms with Crippen molar-refractivity contribution in [2.75, 3.05) is 18.0 Å². The Labute approximate surface area is 118 Å². The fraction of sp³-hybridized carbons (Fsp3) is 0.182. The molecule has 0 bridgehead atoms. The summed E-state index contributed by atoms with van der Waals surface area (Å²) in [6.07, 6.45) is 0. The van der Waals surface area contributed by atoms with Crippen molar-refractivity contribution < 1.29 is 17.6 Å². The molecule has 0 spiro atoms. The zero-order chi connectivity index (χ0) is 14.9. The molecule has 1 heterocycles. The molecule has 0 radical (unpaired) electrons. The minimum absolute atomic E-state index is 0.111. The molecule has 0 aliphatic carbocycles. The fourth-order valence-electron chi connectivity index (χ4n) is 1.64. The number of primary sulfonamides is 1. The Balaban J connectivity index is 2.20. The van der Waals surface area contributed by atoms with Crippen molar-refractivity contribution in [3.63, 3.8) is 0 Å². The van der Waals surface area contributed by atoms with E-state index in [1.54, 1.807) is 0 Å². The van der Waals surface area contributed by atoms with Gasteiger partial charge in [-0.3, -0.25) is 4.79 Å². The first-order chi connectivity index (χ1) is 9.28. The van der Waals surface area contributed by atoms with Crippen molar-refractivity contribution in [1.29, 1.82) is 0 Å². The van der Waals surface area contributed by atoms with Gasteiger partial charge in [-0.15, -0.1) is 11.3 Å². The van der Waals surface area contributed by atoms with E-state index in [0.29, 0.717) is 10.1 Å². The molecule has 1 aromatic carbocycles. The van der Waals surface area contributed by atoms with Crippen LogP contribution in [0.3, 0.4) is 0 Å². The number of amides is 1. The SMILES string of the molecule is Nc1c(C(=O)NCCS(N)(=O)=O)sc2ccc(F)cc12. The van der Waals surface area contributed by atoms with Crippen LogP contribution in [0.25, 0.3) is 10.1 Å². The number of nitrogens with one attached hydrogen (secondary N) is 1. The van der Waals surface area contributed by atoms with Crippen molar-refractivity contribution in [2.24, 2.45) is 5.14 Å². The average molecular weight is 317 g/mol. The molecule has 108 valence electrons. The van der Waals surface area contributed by atoms with Gasteiger partial charge in [0.2, 0.25) is 10.0 Å². The molecular weight excluding hydrogens is 305 g/mol. The first-order valence-electron chi connectivity index (χ1n) is 5.54. The molecule has 1 aromatic heterocycles. The van der Waals surface area contributed by atoms with Crippen LogP contribution in [0.4, 0.5) is 10.1 Å². The van der Waals surface area contributed by atoms with Crippen molar-refractivity contribution in [3.8, 4) is 0 Å². The first kappa shape index (κ1) is 14.7. The van der Waals surface area contributed by atoms with Gasteiger partial charge in [-0.2, -0.15) is 0 Å². The number of halogens is 1. The summed E-state index contributed by atoms with van der Waals surface area (Å²) in [5.74, 6) is -1.31. The van der Waals surface area contributed by atoms with Crippen molar-refractivity contribution in [1.82, 2.24) is 5.32 Å². The van der Waals surface area contributed by atoms with E-state index in [2.05, 4.69) is 5.32 Å². The van der Waals surface area contributed by atoms with Gasteiger partial charge in [0, 0.05) is 16.6 Å². The lowest BCUT2D eigenvalue weighted by Gasteiger charge is -2.03. The van der Waals surface area contributed by atoms with E-state index in [1.165, 1.54) is 18.2 Å². The van der Waals surface area contributed by atoms with Crippen molar-refractivity contribution >= 4 is 43.0 Å². The Morgan fingerprint density at radius 1 is 1.40 bits per heavy atom. The van der Waals surface area contributed by atoms with Crippen LogP contribution in [-0.4, -0.2) is 26.6 Å². The quantitative estimate of drug-likeness (QED) is 0.767. The van der Waals surface area contributed by atoms with Gasteiger partial charge in [-0.05, 0) is 18.2 Å². The number of fused-ring (bicyclic) bond motifs is 1. The number of carbonyl (C=O) groups is 1. The lowest BCUT2D eigenvalue weighted by Crippen LogP contribution is -2.31. The Morgan fingerprint density at radius 3 is 2.75 bits per heavy atom. The summed E-state index contributed by atoms with van der Waals surface area (Å²) < 4.78 is 35.3. The number of anilines is 1. The number of rotatable bonds is 4. The van der Waals surface area contributed by atoms with Crippen LogP contribution < -0.4 is 16.2 Å². The third-order valence-electron chi connectivity index (χ3n) is 2.57. The standard InChI is InChI=1S/C11H12FN3O3S2/c12-6-1-2-8-7(5-6)9(13)10(19-8)11(16)15-3-4-20(14,17)18/h1-2,5H,3-4,13H2,(H,15,16)(H2,14,17,18). The minimum atomic E-state index is -3.63. The van der Waals surface area contributed by atoms with Gasteiger partial charge in [0.15, 0.2) is 0 Å². The molecule has 0 unspecified atom stereocenters. The van der Waals surface area contributed by atoms with Crippen LogP contribution >= 0.6 is 11.3 Å². The number of hydrogen-bond acceptors (Lipinski definition) is 5. The van der Waals surface area contributed by atoms with E-state index in [4.69, 9.17) is 10.9 Å². The third-order valence-corrected chi connectivity index (χ3v) is 4.53. The van der Waals surface area contributed by atoms with Gasteiger partial charge in [-0.25, -0.2) is 17.9 Å². The molecule has 2 aromatic rings. The number of benzene rings is 1. The minimum Gasteiger partial charge on any atom is -0.397 e. The average Bonchev–Trinajstić information content (AvgIpc) is 2.65. The molecule has 0 fully saturated rings. The lowest BCUT2D eigenvalue weighted by molar-refractivity contribution is 0.0961. The number of thiophene rings is 1. The topological polar surface area (TPSA) is 115 Å². The molecule has 0 saturated heterocycles. The Hall–Kier alpha value is -1.71. The first-order valence-corrected chi connectivity index (χ1v) is 8.07. The second-order valence-corrected chi connectivity index (χ2v) is 6.89. The van der Waals surface area contributed by atoms with Crippen LogP contribution in [0.1, 0.15) is 9.67 Å². The Kier molecular flexibility index (Phi) is 3.93. The van der Waals surface area contributed by atoms with Gasteiger partial charge in [0.25, 0.3) is 5.91 Å². The molecule has 1 amide bonds. The fourth-order valence-corrected chi connectivity index (χ4v) is 3.05. The predicted molar refractivity (Wildman–Crippen MR) is 76.5 cm³/mol. The van der Waals surface area contributed by atoms with Gasteiger partial charge >= 0.3 is 0 Å². The van der Waals surface area contributed by atoms with Gasteiger partial charge in [0.05, 0.1) is 11.4 Å². The maximum Gasteiger partial charge on any atom is 0.263 e. The second kappa shape index (κ2) is 5.35. The van der Waals surface area contributed by atoms with Crippen LogP contribution in [0.2, 0.25) is 0 Å². The van der Waals surface area contributed by atoms with E-state index in [9.17, 15) is 17.6 Å². The summed E-state index contributed by atoms with van der Waals surface area (Å²) in [5.41, 5.74) is 5.98. The van der Waals surface area contributed by atoms with Gasteiger partial charge in [-0.1, -0.05) is 0 Å². The highest BCUT2D eigenvalue weighted by atomic mass is 32.2. The highest BCUT2D eigenvalue weighted by Crippen LogP contribution is 2.33. The Bertz CT molecular complexity index is 771. The summed E-state index contributed by atoms with van der Waals surface area (Å²) in [5, 5.41) is 7.70. The van der Waals surface area contributed by atoms with Crippen LogP contribution in [0, 0.1) is 5.82 Å². The highest BCUT2D eigenvalue weighted by Gasteiger charge is 2.17. The van der Waals surface area contributed by atoms with Crippen molar-refractivity contribution in [2.45, 2.75) is 0 Å². The van der Waals surface area contributed by atoms with Crippen LogP contribution in [0.5, 0.6) is 0 Å². The summed E-state index contributed by atoms with van der Waals surface area (Å²) in [6, 6.07) is 4.07. The highest BCUT2D eigenvalue weighted by molar-refractivity contribution is 7.89. The molecule has 2 rings (SSSR count). The maximum atomic E-state index is 13.1. The molecule has 0 aliphatic heterocycles. The third kappa shape index (κ3) is 3.24. The van der Waals surface area contributed by atoms with Crippen molar-refractivity contribution in [3.05, 3.63) is 28.9 Å². The molecule has 20 heavy (non-hydrogen) atoms. The van der Waals surface area contributed by atoms with Crippen LogP contribution in [-0.2, 0) is 10.0 Å². The van der Waals surface area contributed by atoms with E-state index in [-0.39, 0.29) is 22.9 Å². The number of hydrogen-bond donors (Lipinski definition) is 3. The lowest BCUT2D eigenvalue weighted by atomic mass is 10.2. The van der Waals surface area contributed by atoms with E-state index >= 15 is 0 Å². The molecule has 6 nitrogen and oxygen atoms in total. The smallest absolute Gasteiger partial charge is 0.263 e. The normalized spacial score (nSPS) is 11.7. The Morgan fingerprint density at radius 2 is 2.10 bits per heavy atom. The summed E-state index contributed by atoms with van der Waals surface area (Å²) in [4.78, 5) is 12.1. The van der Waals surface area contributed by atoms with Gasteiger partial charge < -0.3 is 11.1 Å². The monoisotopic (exact) mass is 317 g/mol. The largest absolute Gasteiger partial charge is 0.397 e. The molecule has 5 N–H and O–H groups in total. The van der Waals surface area contributed by atoms with E-state index in [1.807, 2.05) is 0 Å². The van der Waals surface area contributed by atoms with Crippen LogP contribution in [0.15, 0.2) is 18.2 Å². The molecule has 0 saturated carbocycles. The maximum absolute atomic E-state index is 13.1. The summed E-state index contributed by atoms with van der Waals surface area (Å²) in [7, 11) is -3.63. The number of carbonyl (C=O) groups excluding carboxylic acids is 1. The molecule has 0 atom stereocenters. The molecular formula is C11H12FN3O3S2. The number of nitrogen functional groups attached to an aromatic ring is 1. The number of sulfonamides is 1.